The predicted molar refractivity (Wildman–Crippen MR) is 159 cm³/mol. The number of benzene rings is 2. The van der Waals surface area contributed by atoms with Gasteiger partial charge in [0.25, 0.3) is 0 Å². The van der Waals surface area contributed by atoms with E-state index in [0.29, 0.717) is 19.6 Å². The van der Waals surface area contributed by atoms with Crippen LogP contribution in [0.2, 0.25) is 0 Å². The van der Waals surface area contributed by atoms with Gasteiger partial charge in [-0.2, -0.15) is 9.59 Å². The van der Waals surface area contributed by atoms with E-state index in [0.717, 1.165) is 17.5 Å². The molecule has 248 valence electrons. The first kappa shape index (κ1) is 35.3. The minimum Gasteiger partial charge on any atom is -0.368 e. The van der Waals surface area contributed by atoms with Crippen molar-refractivity contribution in [1.29, 1.82) is 0 Å². The summed E-state index contributed by atoms with van der Waals surface area (Å²) in [6.07, 6.45) is 0.206. The quantitative estimate of drug-likeness (QED) is 0.368. The van der Waals surface area contributed by atoms with Crippen LogP contribution in [-0.2, 0) is 65.4 Å². The minimum atomic E-state index is -0.833. The largest absolute Gasteiger partial charge is 0.373 e. The van der Waals surface area contributed by atoms with Crippen LogP contribution in [-0.4, -0.2) is 73.7 Å². The summed E-state index contributed by atoms with van der Waals surface area (Å²) in [5.74, 6) is -2.10. The molecule has 11 heteroatoms. The Morgan fingerprint density at radius 2 is 1.22 bits per heavy atom. The lowest BCUT2D eigenvalue weighted by Crippen LogP contribution is -2.47. The Kier molecular flexibility index (Phi) is 12.1. The van der Waals surface area contributed by atoms with Crippen LogP contribution in [0.4, 0.5) is 0 Å². The highest BCUT2D eigenvalue weighted by molar-refractivity contribution is 5.20. The third-order valence-electron chi connectivity index (χ3n) is 8.02. The second-order valence-electron chi connectivity index (χ2n) is 12.1. The SMILES string of the molecule is CC[C@@]1(OC)O[C@@H]2OC(C)(C)O[C@H]2C1OCc1ccccc1.CC[C@H]1O[C@@H]2OC(C)(C)O[C@H]2C1OCc1ccccc1.O=C=O. The molecule has 0 bridgehead atoms. The summed E-state index contributed by atoms with van der Waals surface area (Å²) < 4.78 is 53.3. The Labute approximate surface area is 265 Å². The molecule has 0 N–H and O–H groups in total. The van der Waals surface area contributed by atoms with Crippen molar-refractivity contribution < 1.29 is 52.2 Å². The van der Waals surface area contributed by atoms with E-state index in [9.17, 15) is 0 Å². The van der Waals surface area contributed by atoms with Crippen LogP contribution in [0.25, 0.3) is 0 Å². The van der Waals surface area contributed by atoms with Gasteiger partial charge in [0.2, 0.25) is 0 Å². The number of methoxy groups -OCH3 is 1. The van der Waals surface area contributed by atoms with Crippen molar-refractivity contribution in [1.82, 2.24) is 0 Å². The molecule has 0 spiro atoms. The maximum atomic E-state index is 8.12. The molecule has 2 aromatic rings. The number of fused-ring (bicyclic) bond motifs is 2. The first-order chi connectivity index (χ1) is 21.5. The molecule has 4 fully saturated rings. The molecule has 0 radical (unpaired) electrons. The van der Waals surface area contributed by atoms with Crippen molar-refractivity contribution >= 4 is 6.15 Å². The number of hydrogen-bond donors (Lipinski definition) is 0. The molecule has 0 amide bonds. The fraction of sp³-hybridized carbons (Fsp3) is 0.618. The van der Waals surface area contributed by atoms with Gasteiger partial charge < -0.3 is 42.6 Å². The van der Waals surface area contributed by atoms with E-state index in [4.69, 9.17) is 52.2 Å². The van der Waals surface area contributed by atoms with Crippen LogP contribution >= 0.6 is 0 Å². The van der Waals surface area contributed by atoms with Gasteiger partial charge in [0, 0.05) is 13.5 Å². The number of rotatable bonds is 9. The summed E-state index contributed by atoms with van der Waals surface area (Å²) in [5.41, 5.74) is 2.26. The molecule has 4 aliphatic heterocycles. The highest BCUT2D eigenvalue weighted by Crippen LogP contribution is 2.45. The second kappa shape index (κ2) is 15.4. The molecule has 45 heavy (non-hydrogen) atoms. The average molecular weight is 631 g/mol. The van der Waals surface area contributed by atoms with Crippen molar-refractivity contribution in [3.8, 4) is 0 Å². The van der Waals surface area contributed by atoms with Crippen molar-refractivity contribution in [3.63, 3.8) is 0 Å². The van der Waals surface area contributed by atoms with Gasteiger partial charge in [0.15, 0.2) is 29.9 Å². The Morgan fingerprint density at radius 1 is 0.711 bits per heavy atom. The molecular weight excluding hydrogens is 584 g/mol. The van der Waals surface area contributed by atoms with Gasteiger partial charge in [-0.1, -0.05) is 74.5 Å². The lowest BCUT2D eigenvalue weighted by molar-refractivity contribution is -0.315. The van der Waals surface area contributed by atoms with Crippen LogP contribution in [0.15, 0.2) is 60.7 Å². The summed E-state index contributed by atoms with van der Waals surface area (Å²) in [5, 5.41) is 0. The smallest absolute Gasteiger partial charge is 0.368 e. The van der Waals surface area contributed by atoms with Gasteiger partial charge in [0.1, 0.15) is 24.4 Å². The zero-order valence-corrected chi connectivity index (χ0v) is 27.1. The van der Waals surface area contributed by atoms with Crippen LogP contribution in [0, 0.1) is 0 Å². The molecule has 11 nitrogen and oxygen atoms in total. The van der Waals surface area contributed by atoms with Crippen molar-refractivity contribution in [2.75, 3.05) is 7.11 Å². The summed E-state index contributed by atoms with van der Waals surface area (Å²) in [6.45, 7) is 12.7. The number of ether oxygens (including phenoxy) is 9. The van der Waals surface area contributed by atoms with Crippen LogP contribution in [0.3, 0.4) is 0 Å². The third-order valence-corrected chi connectivity index (χ3v) is 8.02. The van der Waals surface area contributed by atoms with Crippen LogP contribution < -0.4 is 0 Å². The van der Waals surface area contributed by atoms with Crippen molar-refractivity contribution in [3.05, 3.63) is 71.8 Å². The predicted octanol–water partition coefficient (Wildman–Crippen LogP) is 5.11. The van der Waals surface area contributed by atoms with Gasteiger partial charge in [-0.3, -0.25) is 0 Å². The van der Waals surface area contributed by atoms with E-state index in [1.807, 2.05) is 83.1 Å². The Balaban J connectivity index is 0.000000189. The van der Waals surface area contributed by atoms with Gasteiger partial charge in [-0.15, -0.1) is 0 Å². The highest BCUT2D eigenvalue weighted by Gasteiger charge is 2.62. The molecule has 4 aliphatic rings. The zero-order valence-electron chi connectivity index (χ0n) is 27.1. The standard InChI is InChI=1S/C17H24O5.C16H22O4.CO2/c1-5-17(18-4)14(19-11-12-9-7-6-8-10-12)13-15(22-17)21-16(2,3)20-13;1-4-12-13(17-10-11-8-6-5-7-9-11)14-15(18-12)20-16(2,3)19-14;2-1-3/h6-10,13-15H,5,11H2,1-4H3;5-9,12-15H,4,10H2,1-3H3;/t13-,14?,15-,17+;12-,13?,14+,15-;/m01./s1. The van der Waals surface area contributed by atoms with Gasteiger partial charge >= 0.3 is 6.15 Å². The molecular formula is C34H46O11. The van der Waals surface area contributed by atoms with Gasteiger partial charge in [-0.25, -0.2) is 0 Å². The first-order valence-corrected chi connectivity index (χ1v) is 15.4. The normalized spacial score (nSPS) is 33.6. The van der Waals surface area contributed by atoms with E-state index in [1.165, 1.54) is 0 Å². The first-order valence-electron chi connectivity index (χ1n) is 15.4. The number of carbonyl (C=O) groups excluding carboxylic acids is 2. The molecule has 8 atom stereocenters. The highest BCUT2D eigenvalue weighted by atomic mass is 16.9. The third kappa shape index (κ3) is 8.64. The monoisotopic (exact) mass is 630 g/mol. The summed E-state index contributed by atoms with van der Waals surface area (Å²) >= 11 is 0. The second-order valence-corrected chi connectivity index (χ2v) is 12.1. The lowest BCUT2D eigenvalue weighted by atomic mass is 10.0. The Bertz CT molecular complexity index is 1210. The maximum absolute atomic E-state index is 8.12. The van der Waals surface area contributed by atoms with Crippen molar-refractivity contribution in [2.45, 2.75) is 128 Å². The lowest BCUT2D eigenvalue weighted by Gasteiger charge is -2.34. The molecule has 4 saturated heterocycles. The summed E-state index contributed by atoms with van der Waals surface area (Å²) in [6, 6.07) is 20.2. The van der Waals surface area contributed by atoms with E-state index in [2.05, 4.69) is 19.1 Å². The van der Waals surface area contributed by atoms with E-state index in [-0.39, 0.29) is 43.0 Å². The van der Waals surface area contributed by atoms with E-state index < -0.39 is 23.7 Å². The van der Waals surface area contributed by atoms with E-state index >= 15 is 0 Å². The topological polar surface area (TPSA) is 117 Å². The molecule has 0 saturated carbocycles. The van der Waals surface area contributed by atoms with Crippen LogP contribution in [0.5, 0.6) is 0 Å². The molecule has 4 heterocycles. The zero-order chi connectivity index (χ0) is 32.7. The minimum absolute atomic E-state index is 0.0322. The van der Waals surface area contributed by atoms with E-state index in [1.54, 1.807) is 7.11 Å². The molecule has 6 rings (SSSR count). The van der Waals surface area contributed by atoms with Gasteiger partial charge in [0.05, 0.1) is 19.3 Å². The molecule has 0 aliphatic carbocycles. The average Bonchev–Trinajstić information content (AvgIpc) is 3.69. The summed E-state index contributed by atoms with van der Waals surface area (Å²) in [4.78, 5) is 16.2. The van der Waals surface area contributed by atoms with Gasteiger partial charge in [-0.05, 0) is 45.2 Å². The van der Waals surface area contributed by atoms with Crippen LogP contribution in [0.1, 0.15) is 65.5 Å². The Hall–Kier alpha value is -2.54. The molecule has 2 aromatic carbocycles. The number of hydrogen-bond acceptors (Lipinski definition) is 11. The van der Waals surface area contributed by atoms with Crippen molar-refractivity contribution in [2.24, 2.45) is 0 Å². The molecule has 0 aromatic heterocycles. The molecule has 2 unspecified atom stereocenters. The fourth-order valence-electron chi connectivity index (χ4n) is 5.99. The summed E-state index contributed by atoms with van der Waals surface area (Å²) in [7, 11) is 1.63. The fourth-order valence-corrected chi connectivity index (χ4v) is 5.99. The maximum Gasteiger partial charge on any atom is 0.373 e. The Morgan fingerprint density at radius 3 is 1.73 bits per heavy atom.